The smallest absolute Gasteiger partial charge is 0.319 e. The van der Waals surface area contributed by atoms with Gasteiger partial charge in [0.25, 0.3) is 5.91 Å². The number of amides is 3. The number of hydrogen-bond acceptors (Lipinski definition) is 4. The third kappa shape index (κ3) is 5.83. The third-order valence-corrected chi connectivity index (χ3v) is 5.65. The monoisotopic (exact) mass is 420 g/mol. The molecule has 3 N–H and O–H groups in total. The van der Waals surface area contributed by atoms with Crippen molar-refractivity contribution < 1.29 is 14.7 Å². The highest BCUT2D eigenvalue weighted by Crippen LogP contribution is 2.29. The largest absolute Gasteiger partial charge is 0.396 e. The highest BCUT2D eigenvalue weighted by molar-refractivity contribution is 5.97. The van der Waals surface area contributed by atoms with E-state index >= 15 is 0 Å². The molecule has 3 rings (SSSR count). The van der Waals surface area contributed by atoms with Gasteiger partial charge in [0.05, 0.1) is 11.6 Å². The lowest BCUT2D eigenvalue weighted by Crippen LogP contribution is -2.38. The Morgan fingerprint density at radius 1 is 1.16 bits per heavy atom. The van der Waals surface area contributed by atoms with Crippen molar-refractivity contribution >= 4 is 17.6 Å². The van der Waals surface area contributed by atoms with Crippen LogP contribution in [0.1, 0.15) is 52.2 Å². The lowest BCUT2D eigenvalue weighted by atomic mass is 9.89. The molecular formula is C24H28N4O3. The van der Waals surface area contributed by atoms with Gasteiger partial charge < -0.3 is 20.6 Å². The lowest BCUT2D eigenvalue weighted by molar-refractivity contribution is 0.0713. The number of nitrogens with zero attached hydrogens (tertiary/aromatic N) is 2. The molecule has 1 heterocycles. The summed E-state index contributed by atoms with van der Waals surface area (Å²) in [5.74, 6) is 0.344. The molecule has 31 heavy (non-hydrogen) atoms. The van der Waals surface area contributed by atoms with E-state index in [0.717, 1.165) is 18.4 Å². The van der Waals surface area contributed by atoms with Crippen molar-refractivity contribution in [1.82, 2.24) is 10.2 Å². The molecule has 1 aliphatic heterocycles. The van der Waals surface area contributed by atoms with E-state index in [2.05, 4.69) is 16.7 Å². The molecule has 0 radical (unpaired) electrons. The number of nitriles is 1. The Hall–Kier alpha value is -3.37. The van der Waals surface area contributed by atoms with Crippen LogP contribution in [0.3, 0.4) is 0 Å². The number of aliphatic hydroxyl groups is 1. The van der Waals surface area contributed by atoms with Gasteiger partial charge in [0, 0.05) is 37.5 Å². The predicted octanol–water partition coefficient (Wildman–Crippen LogP) is 3.39. The van der Waals surface area contributed by atoms with Crippen molar-refractivity contribution in [3.8, 4) is 6.07 Å². The number of carbonyl (C=O) groups excluding carboxylic acids is 2. The van der Waals surface area contributed by atoms with Gasteiger partial charge in [-0.2, -0.15) is 5.26 Å². The van der Waals surface area contributed by atoms with Crippen LogP contribution < -0.4 is 10.6 Å². The zero-order valence-corrected chi connectivity index (χ0v) is 17.7. The topological polar surface area (TPSA) is 105 Å². The molecule has 0 atom stereocenters. The Balaban J connectivity index is 1.60. The number of piperidine rings is 1. The van der Waals surface area contributed by atoms with Crippen LogP contribution in [0.4, 0.5) is 10.5 Å². The molecule has 7 heteroatoms. The van der Waals surface area contributed by atoms with E-state index in [1.165, 1.54) is 5.56 Å². The van der Waals surface area contributed by atoms with E-state index < -0.39 is 0 Å². The molecule has 0 spiro atoms. The standard InChI is InChI=1S/C24H28N4O3/c1-17-3-6-21(15-22(17)27-24(31)26-11-2-14-29)23(30)28-12-9-20(10-13-28)19-7-4-18(16-25)5-8-19/h3-8,15,20,29H,2,9-14H2,1H3,(H2,26,27,31). The van der Waals surface area contributed by atoms with Gasteiger partial charge in [-0.15, -0.1) is 0 Å². The molecule has 0 aromatic heterocycles. The maximum Gasteiger partial charge on any atom is 0.319 e. The summed E-state index contributed by atoms with van der Waals surface area (Å²) in [6, 6.07) is 14.8. The summed E-state index contributed by atoms with van der Waals surface area (Å²) < 4.78 is 0. The van der Waals surface area contributed by atoms with Crippen LogP contribution in [0.5, 0.6) is 0 Å². The molecule has 3 amide bonds. The summed E-state index contributed by atoms with van der Waals surface area (Å²) in [5.41, 5.74) is 3.88. The van der Waals surface area contributed by atoms with Crippen molar-refractivity contribution in [2.24, 2.45) is 0 Å². The van der Waals surface area contributed by atoms with E-state index in [1.807, 2.05) is 42.2 Å². The first-order valence-corrected chi connectivity index (χ1v) is 10.6. The second-order valence-corrected chi connectivity index (χ2v) is 7.79. The van der Waals surface area contributed by atoms with Gasteiger partial charge in [-0.05, 0) is 67.5 Å². The van der Waals surface area contributed by atoms with Gasteiger partial charge in [0.2, 0.25) is 0 Å². The van der Waals surface area contributed by atoms with Crippen molar-refractivity contribution in [1.29, 1.82) is 5.26 Å². The summed E-state index contributed by atoms with van der Waals surface area (Å²) in [7, 11) is 0. The number of aliphatic hydroxyl groups excluding tert-OH is 1. The minimum atomic E-state index is -0.357. The molecule has 0 unspecified atom stereocenters. The highest BCUT2D eigenvalue weighted by atomic mass is 16.3. The van der Waals surface area contributed by atoms with E-state index in [1.54, 1.807) is 12.1 Å². The molecule has 162 valence electrons. The SMILES string of the molecule is Cc1ccc(C(=O)N2CCC(c3ccc(C#N)cc3)CC2)cc1NC(=O)NCCCO. The van der Waals surface area contributed by atoms with Crippen molar-refractivity contribution in [3.05, 3.63) is 64.7 Å². The van der Waals surface area contributed by atoms with Crippen LogP contribution in [-0.4, -0.2) is 48.2 Å². The molecule has 1 aliphatic rings. The molecule has 2 aromatic rings. The molecule has 7 nitrogen and oxygen atoms in total. The zero-order valence-electron chi connectivity index (χ0n) is 17.7. The number of aryl methyl sites for hydroxylation is 1. The Labute approximate surface area is 182 Å². The quantitative estimate of drug-likeness (QED) is 0.623. The van der Waals surface area contributed by atoms with Crippen LogP contribution in [-0.2, 0) is 0 Å². The summed E-state index contributed by atoms with van der Waals surface area (Å²) in [6.45, 7) is 3.61. The number of anilines is 1. The summed E-state index contributed by atoms with van der Waals surface area (Å²) >= 11 is 0. The molecule has 1 saturated heterocycles. The first kappa shape index (κ1) is 22.3. The Bertz CT molecular complexity index is 958. The number of rotatable bonds is 6. The van der Waals surface area contributed by atoms with Crippen LogP contribution in [0.15, 0.2) is 42.5 Å². The van der Waals surface area contributed by atoms with Crippen molar-refractivity contribution in [2.75, 3.05) is 31.6 Å². The van der Waals surface area contributed by atoms with E-state index in [9.17, 15) is 9.59 Å². The number of benzene rings is 2. The van der Waals surface area contributed by atoms with Gasteiger partial charge in [0.15, 0.2) is 0 Å². The van der Waals surface area contributed by atoms with E-state index in [4.69, 9.17) is 10.4 Å². The van der Waals surface area contributed by atoms with Gasteiger partial charge in [-0.3, -0.25) is 4.79 Å². The van der Waals surface area contributed by atoms with Crippen LogP contribution in [0.2, 0.25) is 0 Å². The summed E-state index contributed by atoms with van der Waals surface area (Å²) in [6.07, 6.45) is 2.24. The highest BCUT2D eigenvalue weighted by Gasteiger charge is 2.25. The fraction of sp³-hybridized carbons (Fsp3) is 0.375. The van der Waals surface area contributed by atoms with E-state index in [0.29, 0.717) is 48.8 Å². The van der Waals surface area contributed by atoms with Gasteiger partial charge in [-0.1, -0.05) is 18.2 Å². The maximum absolute atomic E-state index is 13.0. The Kier molecular flexibility index (Phi) is 7.63. The maximum atomic E-state index is 13.0. The fourth-order valence-electron chi connectivity index (χ4n) is 3.77. The van der Waals surface area contributed by atoms with Gasteiger partial charge >= 0.3 is 6.03 Å². The lowest BCUT2D eigenvalue weighted by Gasteiger charge is -2.32. The second-order valence-electron chi connectivity index (χ2n) is 7.79. The number of likely N-dealkylation sites (tertiary alicyclic amines) is 1. The second kappa shape index (κ2) is 10.6. The van der Waals surface area contributed by atoms with Crippen LogP contribution >= 0.6 is 0 Å². The molecule has 0 saturated carbocycles. The first-order chi connectivity index (χ1) is 15.0. The number of hydrogen-bond donors (Lipinski definition) is 3. The number of urea groups is 1. The predicted molar refractivity (Wildman–Crippen MR) is 119 cm³/mol. The fourth-order valence-corrected chi connectivity index (χ4v) is 3.77. The van der Waals surface area contributed by atoms with Crippen molar-refractivity contribution in [3.63, 3.8) is 0 Å². The minimum absolute atomic E-state index is 0.0190. The average Bonchev–Trinajstić information content (AvgIpc) is 2.80. The normalized spacial score (nSPS) is 14.0. The summed E-state index contributed by atoms with van der Waals surface area (Å²) in [5, 5.41) is 23.2. The number of nitrogens with one attached hydrogen (secondary N) is 2. The zero-order chi connectivity index (χ0) is 22.2. The average molecular weight is 421 g/mol. The Morgan fingerprint density at radius 3 is 2.52 bits per heavy atom. The van der Waals surface area contributed by atoms with Gasteiger partial charge in [0.1, 0.15) is 0 Å². The molecule has 2 aromatic carbocycles. The molecular weight excluding hydrogens is 392 g/mol. The van der Waals surface area contributed by atoms with Crippen LogP contribution in [0, 0.1) is 18.3 Å². The van der Waals surface area contributed by atoms with Crippen molar-refractivity contribution in [2.45, 2.75) is 32.1 Å². The Morgan fingerprint density at radius 2 is 1.87 bits per heavy atom. The third-order valence-electron chi connectivity index (χ3n) is 5.65. The summed E-state index contributed by atoms with van der Waals surface area (Å²) in [4.78, 5) is 26.9. The van der Waals surface area contributed by atoms with E-state index in [-0.39, 0.29) is 18.5 Å². The van der Waals surface area contributed by atoms with Crippen LogP contribution in [0.25, 0.3) is 0 Å². The molecule has 0 aliphatic carbocycles. The molecule has 1 fully saturated rings. The van der Waals surface area contributed by atoms with Gasteiger partial charge in [-0.25, -0.2) is 4.79 Å². The molecule has 0 bridgehead atoms. The first-order valence-electron chi connectivity index (χ1n) is 10.6. The minimum Gasteiger partial charge on any atom is -0.396 e. The number of carbonyl (C=O) groups is 2.